The lowest BCUT2D eigenvalue weighted by Crippen LogP contribution is -2.18. The highest BCUT2D eigenvalue weighted by atomic mass is 32.1. The summed E-state index contributed by atoms with van der Waals surface area (Å²) in [6.45, 7) is 5.52. The van der Waals surface area contributed by atoms with Crippen LogP contribution in [-0.4, -0.2) is 27.3 Å². The molecule has 0 saturated heterocycles. The molecule has 4 rings (SSSR count). The Labute approximate surface area is 149 Å². The van der Waals surface area contributed by atoms with Crippen molar-refractivity contribution in [1.29, 1.82) is 0 Å². The number of thiazole rings is 1. The van der Waals surface area contributed by atoms with E-state index in [9.17, 15) is 4.79 Å². The van der Waals surface area contributed by atoms with E-state index in [-0.39, 0.29) is 5.91 Å². The first kappa shape index (κ1) is 15.8. The van der Waals surface area contributed by atoms with E-state index in [1.165, 1.54) is 22.5 Å². The van der Waals surface area contributed by atoms with Crippen LogP contribution in [0.2, 0.25) is 0 Å². The van der Waals surface area contributed by atoms with Crippen LogP contribution in [0.25, 0.3) is 11.3 Å². The van der Waals surface area contributed by atoms with Crippen molar-refractivity contribution in [3.8, 4) is 17.1 Å². The molecular weight excluding hydrogens is 336 g/mol. The highest BCUT2D eigenvalue weighted by Crippen LogP contribution is 2.29. The molecule has 0 spiro atoms. The van der Waals surface area contributed by atoms with Crippen LogP contribution in [0.4, 0.5) is 5.13 Å². The largest absolute Gasteiger partial charge is 0.477 e. The lowest BCUT2D eigenvalue weighted by Gasteiger charge is -2.15. The molecule has 0 saturated carbocycles. The van der Waals surface area contributed by atoms with E-state index in [4.69, 9.17) is 4.74 Å². The van der Waals surface area contributed by atoms with Crippen LogP contribution < -0.4 is 10.1 Å². The molecule has 2 aromatic heterocycles. The predicted molar refractivity (Wildman–Crippen MR) is 97.3 cm³/mol. The van der Waals surface area contributed by atoms with Gasteiger partial charge in [0.15, 0.2) is 5.13 Å². The molecule has 3 aromatic rings. The summed E-state index contributed by atoms with van der Waals surface area (Å²) in [5.74, 6) is 0.291. The maximum absolute atomic E-state index is 12.5. The average Bonchev–Trinajstić information content (AvgIpc) is 3.21. The van der Waals surface area contributed by atoms with E-state index in [2.05, 4.69) is 47.4 Å². The SMILES string of the molecule is Cc1ccc(-c2csc(NC(=O)c3cnn4c3OCCC4)n2)c(C)c1. The van der Waals surface area contributed by atoms with Gasteiger partial charge in [0.1, 0.15) is 5.56 Å². The number of carbonyl (C=O) groups is 1. The molecule has 0 atom stereocenters. The van der Waals surface area contributed by atoms with E-state index in [1.54, 1.807) is 10.9 Å². The Morgan fingerprint density at radius 2 is 2.24 bits per heavy atom. The Hall–Kier alpha value is -2.67. The van der Waals surface area contributed by atoms with Crippen molar-refractivity contribution < 1.29 is 9.53 Å². The smallest absolute Gasteiger partial charge is 0.264 e. The van der Waals surface area contributed by atoms with E-state index in [1.807, 2.05) is 5.38 Å². The standard InChI is InChI=1S/C18H18N4O2S/c1-11-4-5-13(12(2)8-11)15-10-25-18(20-15)21-16(23)14-9-19-22-6-3-7-24-17(14)22/h4-5,8-10H,3,6-7H2,1-2H3,(H,20,21,23). The zero-order valence-corrected chi connectivity index (χ0v) is 14.9. The second kappa shape index (κ2) is 6.33. The van der Waals surface area contributed by atoms with E-state index in [0.717, 1.165) is 24.2 Å². The fourth-order valence-electron chi connectivity index (χ4n) is 2.94. The van der Waals surface area contributed by atoms with E-state index in [0.29, 0.717) is 23.2 Å². The Balaban J connectivity index is 1.55. The molecular formula is C18H18N4O2S. The van der Waals surface area contributed by atoms with Gasteiger partial charge in [0.05, 0.1) is 18.5 Å². The van der Waals surface area contributed by atoms with E-state index < -0.39 is 0 Å². The van der Waals surface area contributed by atoms with Gasteiger partial charge >= 0.3 is 0 Å². The molecule has 1 amide bonds. The van der Waals surface area contributed by atoms with Gasteiger partial charge in [-0.2, -0.15) is 5.10 Å². The van der Waals surface area contributed by atoms with Gasteiger partial charge in [0.25, 0.3) is 5.91 Å². The lowest BCUT2D eigenvalue weighted by atomic mass is 10.0. The summed E-state index contributed by atoms with van der Waals surface area (Å²) in [6.07, 6.45) is 2.45. The molecule has 1 N–H and O–H groups in total. The summed E-state index contributed by atoms with van der Waals surface area (Å²) in [7, 11) is 0. The van der Waals surface area contributed by atoms with Crippen molar-refractivity contribution in [3.05, 3.63) is 46.5 Å². The second-order valence-corrected chi connectivity index (χ2v) is 6.96. The van der Waals surface area contributed by atoms with Crippen LogP contribution in [-0.2, 0) is 6.54 Å². The zero-order valence-electron chi connectivity index (χ0n) is 14.1. The summed E-state index contributed by atoms with van der Waals surface area (Å²) in [5.41, 5.74) is 4.78. The van der Waals surface area contributed by atoms with Crippen LogP contribution in [0.15, 0.2) is 29.8 Å². The molecule has 0 radical (unpaired) electrons. The van der Waals surface area contributed by atoms with Crippen LogP contribution in [0.3, 0.4) is 0 Å². The Morgan fingerprint density at radius 1 is 1.36 bits per heavy atom. The summed E-state index contributed by atoms with van der Waals surface area (Å²) in [6, 6.07) is 6.26. The maximum Gasteiger partial charge on any atom is 0.264 e. The van der Waals surface area contributed by atoms with Gasteiger partial charge in [-0.25, -0.2) is 9.67 Å². The lowest BCUT2D eigenvalue weighted by molar-refractivity contribution is 0.102. The maximum atomic E-state index is 12.5. The van der Waals surface area contributed by atoms with Gasteiger partial charge in [0.2, 0.25) is 5.88 Å². The van der Waals surface area contributed by atoms with Gasteiger partial charge < -0.3 is 4.74 Å². The number of fused-ring (bicyclic) bond motifs is 1. The van der Waals surface area contributed by atoms with Crippen molar-refractivity contribution in [1.82, 2.24) is 14.8 Å². The molecule has 7 heteroatoms. The highest BCUT2D eigenvalue weighted by Gasteiger charge is 2.22. The molecule has 3 heterocycles. The topological polar surface area (TPSA) is 69.0 Å². The monoisotopic (exact) mass is 354 g/mol. The van der Waals surface area contributed by atoms with Crippen LogP contribution in [0.5, 0.6) is 5.88 Å². The summed E-state index contributed by atoms with van der Waals surface area (Å²) >= 11 is 1.41. The zero-order chi connectivity index (χ0) is 17.4. The van der Waals surface area contributed by atoms with Crippen molar-refractivity contribution in [2.75, 3.05) is 11.9 Å². The number of amides is 1. The molecule has 1 aromatic carbocycles. The van der Waals surface area contributed by atoms with Gasteiger partial charge in [-0.1, -0.05) is 23.8 Å². The molecule has 1 aliphatic rings. The van der Waals surface area contributed by atoms with Crippen LogP contribution in [0, 0.1) is 13.8 Å². The minimum Gasteiger partial charge on any atom is -0.477 e. The Morgan fingerprint density at radius 3 is 3.08 bits per heavy atom. The molecule has 0 aliphatic carbocycles. The van der Waals surface area contributed by atoms with Gasteiger partial charge in [-0.05, 0) is 19.4 Å². The number of ether oxygens (including phenoxy) is 1. The molecule has 0 unspecified atom stereocenters. The van der Waals surface area contributed by atoms with Crippen molar-refractivity contribution in [2.24, 2.45) is 0 Å². The van der Waals surface area contributed by atoms with Crippen LogP contribution >= 0.6 is 11.3 Å². The molecule has 6 nitrogen and oxygen atoms in total. The summed E-state index contributed by atoms with van der Waals surface area (Å²) in [4.78, 5) is 17.1. The first-order valence-corrected chi connectivity index (χ1v) is 9.03. The Bertz CT molecular complexity index is 944. The van der Waals surface area contributed by atoms with Gasteiger partial charge in [-0.15, -0.1) is 11.3 Å². The summed E-state index contributed by atoms with van der Waals surface area (Å²) in [5, 5.41) is 9.58. The third-order valence-electron chi connectivity index (χ3n) is 4.17. The van der Waals surface area contributed by atoms with Gasteiger partial charge in [-0.3, -0.25) is 10.1 Å². The quantitative estimate of drug-likeness (QED) is 0.779. The number of aromatic nitrogens is 3. The highest BCUT2D eigenvalue weighted by molar-refractivity contribution is 7.14. The van der Waals surface area contributed by atoms with Gasteiger partial charge in [0, 0.05) is 23.9 Å². The fraction of sp³-hybridized carbons (Fsp3) is 0.278. The summed E-state index contributed by atoms with van der Waals surface area (Å²) < 4.78 is 7.30. The number of nitrogens with zero attached hydrogens (tertiary/aromatic N) is 3. The normalized spacial score (nSPS) is 13.2. The number of hydrogen-bond acceptors (Lipinski definition) is 5. The third kappa shape index (κ3) is 3.02. The Kier molecular flexibility index (Phi) is 4.01. The molecule has 0 fully saturated rings. The molecule has 25 heavy (non-hydrogen) atoms. The van der Waals surface area contributed by atoms with E-state index >= 15 is 0 Å². The minimum atomic E-state index is -0.246. The fourth-order valence-corrected chi connectivity index (χ4v) is 3.65. The van der Waals surface area contributed by atoms with Crippen LogP contribution in [0.1, 0.15) is 27.9 Å². The number of hydrogen-bond donors (Lipinski definition) is 1. The first-order chi connectivity index (χ1) is 12.1. The number of carbonyl (C=O) groups excluding carboxylic acids is 1. The number of nitrogens with one attached hydrogen (secondary N) is 1. The number of benzene rings is 1. The molecule has 0 bridgehead atoms. The second-order valence-electron chi connectivity index (χ2n) is 6.10. The minimum absolute atomic E-state index is 0.246. The van der Waals surface area contributed by atoms with Crippen molar-refractivity contribution >= 4 is 22.4 Å². The van der Waals surface area contributed by atoms with Crippen molar-refractivity contribution in [2.45, 2.75) is 26.8 Å². The molecule has 128 valence electrons. The average molecular weight is 354 g/mol. The molecule has 1 aliphatic heterocycles. The third-order valence-corrected chi connectivity index (χ3v) is 4.93. The predicted octanol–water partition coefficient (Wildman–Crippen LogP) is 3.66. The number of rotatable bonds is 3. The number of anilines is 1. The number of aryl methyl sites for hydroxylation is 3. The first-order valence-electron chi connectivity index (χ1n) is 8.15. The van der Waals surface area contributed by atoms with Crippen molar-refractivity contribution in [3.63, 3.8) is 0 Å².